The molecule has 29 heavy (non-hydrogen) atoms. The third-order valence-corrected chi connectivity index (χ3v) is 6.25. The minimum atomic E-state index is -3.89. The van der Waals surface area contributed by atoms with Crippen LogP contribution in [0.4, 0.5) is 11.6 Å². The van der Waals surface area contributed by atoms with Crippen molar-refractivity contribution in [1.82, 2.24) is 5.16 Å². The number of hydrogen-bond donors (Lipinski definition) is 3. The lowest BCUT2D eigenvalue weighted by atomic mass is 9.82. The van der Waals surface area contributed by atoms with E-state index in [2.05, 4.69) is 15.2 Å². The highest BCUT2D eigenvalue weighted by atomic mass is 32.2. The van der Waals surface area contributed by atoms with Crippen LogP contribution in [0.2, 0.25) is 0 Å². The van der Waals surface area contributed by atoms with Crippen LogP contribution < -0.4 is 10.0 Å². The van der Waals surface area contributed by atoms with E-state index in [1.54, 1.807) is 26.0 Å². The van der Waals surface area contributed by atoms with Gasteiger partial charge in [-0.05, 0) is 51.0 Å². The SMILES string of the molecule is Cc1noc(NS(=O)(=O)c2ccc(NC(=O)C3CC=CCC3C(=O)O)cc2)c1C. The molecular weight excluding hydrogens is 398 g/mol. The molecule has 1 aromatic carbocycles. The molecule has 0 radical (unpaired) electrons. The fourth-order valence-electron chi connectivity index (χ4n) is 3.02. The first-order valence-electron chi connectivity index (χ1n) is 8.93. The largest absolute Gasteiger partial charge is 0.481 e. The molecule has 0 saturated heterocycles. The average molecular weight is 419 g/mol. The zero-order valence-corrected chi connectivity index (χ0v) is 16.7. The van der Waals surface area contributed by atoms with Crippen LogP contribution in [0.3, 0.4) is 0 Å². The summed E-state index contributed by atoms with van der Waals surface area (Å²) in [5, 5.41) is 15.7. The molecule has 9 nitrogen and oxygen atoms in total. The van der Waals surface area contributed by atoms with Crippen LogP contribution in [-0.2, 0) is 19.6 Å². The summed E-state index contributed by atoms with van der Waals surface area (Å²) in [5.41, 5.74) is 1.55. The number of anilines is 2. The van der Waals surface area contributed by atoms with Crippen molar-refractivity contribution in [2.75, 3.05) is 10.0 Å². The van der Waals surface area contributed by atoms with Crippen molar-refractivity contribution in [2.45, 2.75) is 31.6 Å². The Morgan fingerprint density at radius 1 is 1.10 bits per heavy atom. The second-order valence-corrected chi connectivity index (χ2v) is 8.52. The normalized spacial score (nSPS) is 19.0. The molecular formula is C19H21N3O6S. The molecule has 0 spiro atoms. The summed E-state index contributed by atoms with van der Waals surface area (Å²) in [6.07, 6.45) is 4.19. The molecule has 3 N–H and O–H groups in total. The van der Waals surface area contributed by atoms with Crippen molar-refractivity contribution < 1.29 is 27.6 Å². The summed E-state index contributed by atoms with van der Waals surface area (Å²) in [6, 6.07) is 5.57. The molecule has 2 unspecified atom stereocenters. The Morgan fingerprint density at radius 3 is 2.28 bits per heavy atom. The van der Waals surface area contributed by atoms with E-state index in [1.165, 1.54) is 24.3 Å². The predicted octanol–water partition coefficient (Wildman–Crippen LogP) is 2.70. The molecule has 10 heteroatoms. The molecule has 3 rings (SSSR count). The number of carbonyl (C=O) groups is 2. The molecule has 1 heterocycles. The topological polar surface area (TPSA) is 139 Å². The lowest BCUT2D eigenvalue weighted by Crippen LogP contribution is -2.34. The van der Waals surface area contributed by atoms with Crippen molar-refractivity contribution in [3.63, 3.8) is 0 Å². The molecule has 0 aliphatic heterocycles. The van der Waals surface area contributed by atoms with Crippen molar-refractivity contribution in [2.24, 2.45) is 11.8 Å². The molecule has 2 aromatic rings. The van der Waals surface area contributed by atoms with Crippen molar-refractivity contribution >= 4 is 33.5 Å². The molecule has 0 bridgehead atoms. The Morgan fingerprint density at radius 2 is 1.72 bits per heavy atom. The van der Waals surface area contributed by atoms with Gasteiger partial charge in [0.1, 0.15) is 0 Å². The van der Waals surface area contributed by atoms with Gasteiger partial charge in [-0.25, -0.2) is 13.1 Å². The van der Waals surface area contributed by atoms with Gasteiger partial charge in [0.25, 0.3) is 10.0 Å². The van der Waals surface area contributed by atoms with Crippen LogP contribution in [0, 0.1) is 25.7 Å². The summed E-state index contributed by atoms with van der Waals surface area (Å²) >= 11 is 0. The van der Waals surface area contributed by atoms with Gasteiger partial charge in [-0.1, -0.05) is 17.3 Å². The van der Waals surface area contributed by atoms with E-state index in [4.69, 9.17) is 4.52 Å². The zero-order valence-electron chi connectivity index (χ0n) is 15.9. The number of allylic oxidation sites excluding steroid dienone is 2. The summed E-state index contributed by atoms with van der Waals surface area (Å²) in [6.45, 7) is 3.39. The van der Waals surface area contributed by atoms with Gasteiger partial charge in [0.15, 0.2) is 0 Å². The first kappa shape index (κ1) is 20.6. The van der Waals surface area contributed by atoms with Crippen molar-refractivity contribution in [3.8, 4) is 0 Å². The third kappa shape index (κ3) is 4.48. The summed E-state index contributed by atoms with van der Waals surface area (Å²) in [7, 11) is -3.89. The third-order valence-electron chi connectivity index (χ3n) is 4.90. The first-order valence-corrected chi connectivity index (χ1v) is 10.4. The van der Waals surface area contributed by atoms with Crippen molar-refractivity contribution in [1.29, 1.82) is 0 Å². The smallest absolute Gasteiger partial charge is 0.307 e. The molecule has 2 atom stereocenters. The Kier molecular flexibility index (Phi) is 5.73. The number of aliphatic carboxylic acids is 1. The second kappa shape index (κ2) is 8.08. The number of carboxylic acids is 1. The van der Waals surface area contributed by atoms with E-state index < -0.39 is 33.7 Å². The molecule has 154 valence electrons. The molecule has 1 aliphatic rings. The van der Waals surface area contributed by atoms with Gasteiger partial charge in [-0.2, -0.15) is 0 Å². The average Bonchev–Trinajstić information content (AvgIpc) is 3.00. The van der Waals surface area contributed by atoms with Crippen LogP contribution in [0.1, 0.15) is 24.1 Å². The van der Waals surface area contributed by atoms with Gasteiger partial charge < -0.3 is 14.9 Å². The number of aryl methyl sites for hydroxylation is 1. The Bertz CT molecular complexity index is 1060. The monoisotopic (exact) mass is 419 g/mol. The lowest BCUT2D eigenvalue weighted by Gasteiger charge is -2.24. The van der Waals surface area contributed by atoms with E-state index in [-0.39, 0.29) is 10.8 Å². The van der Waals surface area contributed by atoms with E-state index in [0.717, 1.165) is 0 Å². The highest BCUT2D eigenvalue weighted by Gasteiger charge is 2.34. The van der Waals surface area contributed by atoms with E-state index in [9.17, 15) is 23.1 Å². The van der Waals surface area contributed by atoms with Gasteiger partial charge in [-0.3, -0.25) is 9.59 Å². The maximum atomic E-state index is 12.5. The summed E-state index contributed by atoms with van der Waals surface area (Å²) < 4.78 is 32.3. The minimum absolute atomic E-state index is 0.0204. The van der Waals surface area contributed by atoms with Gasteiger partial charge in [-0.15, -0.1) is 0 Å². The number of hydrogen-bond acceptors (Lipinski definition) is 6. The number of amides is 1. The van der Waals surface area contributed by atoms with Gasteiger partial charge >= 0.3 is 5.97 Å². The number of sulfonamides is 1. The highest BCUT2D eigenvalue weighted by molar-refractivity contribution is 7.92. The van der Waals surface area contributed by atoms with Crippen LogP contribution in [-0.4, -0.2) is 30.6 Å². The predicted molar refractivity (Wildman–Crippen MR) is 105 cm³/mol. The standard InChI is InChI=1S/C19H21N3O6S/c1-11-12(2)21-28-18(11)22-29(26,27)14-9-7-13(8-10-14)20-17(23)15-5-3-4-6-16(15)19(24)25/h3-4,7-10,15-16,22H,5-6H2,1-2H3,(H,20,23)(H,24,25). The van der Waals surface area contributed by atoms with E-state index in [0.29, 0.717) is 29.8 Å². The highest BCUT2D eigenvalue weighted by Crippen LogP contribution is 2.28. The number of benzene rings is 1. The van der Waals surface area contributed by atoms with Gasteiger partial charge in [0.05, 0.1) is 22.4 Å². The van der Waals surface area contributed by atoms with E-state index in [1.807, 2.05) is 0 Å². The van der Waals surface area contributed by atoms with Crippen LogP contribution in [0.5, 0.6) is 0 Å². The lowest BCUT2D eigenvalue weighted by molar-refractivity contribution is -0.146. The number of nitrogens with one attached hydrogen (secondary N) is 2. The Balaban J connectivity index is 1.71. The first-order chi connectivity index (χ1) is 13.7. The van der Waals surface area contributed by atoms with Crippen LogP contribution in [0.25, 0.3) is 0 Å². The van der Waals surface area contributed by atoms with E-state index >= 15 is 0 Å². The molecule has 0 saturated carbocycles. The maximum absolute atomic E-state index is 12.5. The number of aromatic nitrogens is 1. The van der Waals surface area contributed by atoms with Crippen molar-refractivity contribution in [3.05, 3.63) is 47.7 Å². The number of carboxylic acid groups (broad SMARTS) is 1. The Labute approximate surface area is 167 Å². The molecule has 1 aliphatic carbocycles. The molecule has 1 amide bonds. The zero-order chi connectivity index (χ0) is 21.2. The van der Waals surface area contributed by atoms with Crippen LogP contribution >= 0.6 is 0 Å². The quantitative estimate of drug-likeness (QED) is 0.612. The Hall–Kier alpha value is -3.14. The van der Waals surface area contributed by atoms with Crippen LogP contribution in [0.15, 0.2) is 45.8 Å². The maximum Gasteiger partial charge on any atom is 0.307 e. The van der Waals surface area contributed by atoms with Gasteiger partial charge in [0.2, 0.25) is 11.8 Å². The molecule has 1 aromatic heterocycles. The summed E-state index contributed by atoms with van der Waals surface area (Å²) in [5.74, 6) is -2.84. The van der Waals surface area contributed by atoms with Gasteiger partial charge in [0, 0.05) is 11.3 Å². The fourth-order valence-corrected chi connectivity index (χ4v) is 4.07. The number of carbonyl (C=O) groups excluding carboxylic acids is 1. The molecule has 0 fully saturated rings. The number of rotatable bonds is 6. The summed E-state index contributed by atoms with van der Waals surface area (Å²) in [4.78, 5) is 23.8. The fraction of sp³-hybridized carbons (Fsp3) is 0.316. The number of nitrogens with zero attached hydrogens (tertiary/aromatic N) is 1. The second-order valence-electron chi connectivity index (χ2n) is 6.84. The minimum Gasteiger partial charge on any atom is -0.481 e.